The van der Waals surface area contributed by atoms with Crippen LogP contribution in [0.2, 0.25) is 0 Å². The number of benzene rings is 1. The van der Waals surface area contributed by atoms with Crippen LogP contribution >= 0.6 is 15.9 Å². The average Bonchev–Trinajstić information content (AvgIpc) is 2.18. The molecule has 0 spiro atoms. The highest BCUT2D eigenvalue weighted by Gasteiger charge is 2.14. The lowest BCUT2D eigenvalue weighted by molar-refractivity contribution is 0.319. The summed E-state index contributed by atoms with van der Waals surface area (Å²) < 4.78 is 11.6. The summed E-state index contributed by atoms with van der Waals surface area (Å²) in [5.74, 6) is 1.65. The zero-order chi connectivity index (χ0) is 9.26. The van der Waals surface area contributed by atoms with Gasteiger partial charge < -0.3 is 14.8 Å². The molecule has 2 rings (SSSR count). The molecule has 4 heteroatoms. The van der Waals surface area contributed by atoms with Crippen molar-refractivity contribution in [3.63, 3.8) is 0 Å². The monoisotopic (exact) mass is 243 g/mol. The van der Waals surface area contributed by atoms with Gasteiger partial charge >= 0.3 is 0 Å². The molecule has 1 aromatic carbocycles. The van der Waals surface area contributed by atoms with Crippen LogP contribution in [-0.2, 0) is 0 Å². The van der Waals surface area contributed by atoms with Crippen molar-refractivity contribution >= 4 is 21.6 Å². The van der Waals surface area contributed by atoms with Crippen LogP contribution in [0.1, 0.15) is 0 Å². The molecule has 1 aliphatic heterocycles. The molecular weight excluding hydrogens is 234 g/mol. The molecule has 0 bridgehead atoms. The third kappa shape index (κ3) is 1.58. The summed E-state index contributed by atoms with van der Waals surface area (Å²) in [6, 6.07) is 3.80. The van der Waals surface area contributed by atoms with E-state index >= 15 is 0 Å². The number of methoxy groups -OCH3 is 1. The minimum Gasteiger partial charge on any atom is -0.497 e. The zero-order valence-electron chi connectivity index (χ0n) is 7.26. The van der Waals surface area contributed by atoms with Gasteiger partial charge in [0.25, 0.3) is 0 Å². The van der Waals surface area contributed by atoms with Gasteiger partial charge in [-0.05, 0) is 22.0 Å². The number of fused-ring (bicyclic) bond motifs is 1. The fraction of sp³-hybridized carbons (Fsp3) is 0.333. The second-order valence-electron chi connectivity index (χ2n) is 2.76. The topological polar surface area (TPSA) is 30.5 Å². The summed E-state index contributed by atoms with van der Waals surface area (Å²) in [5.41, 5.74) is 1.01. The van der Waals surface area contributed by atoms with E-state index in [1.165, 1.54) is 0 Å². The predicted molar refractivity (Wildman–Crippen MR) is 54.7 cm³/mol. The van der Waals surface area contributed by atoms with E-state index in [9.17, 15) is 0 Å². The maximum absolute atomic E-state index is 5.47. The summed E-state index contributed by atoms with van der Waals surface area (Å²) in [5, 5.41) is 3.25. The molecule has 0 fully saturated rings. The van der Waals surface area contributed by atoms with E-state index in [0.717, 1.165) is 28.2 Å². The predicted octanol–water partition coefficient (Wildman–Crippen LogP) is 2.26. The molecule has 1 aliphatic rings. The molecule has 0 aromatic heterocycles. The minimum absolute atomic E-state index is 0.701. The van der Waals surface area contributed by atoms with Crippen molar-refractivity contribution < 1.29 is 9.47 Å². The van der Waals surface area contributed by atoms with Gasteiger partial charge in [-0.1, -0.05) is 0 Å². The lowest BCUT2D eigenvalue weighted by Gasteiger charge is -2.20. The van der Waals surface area contributed by atoms with E-state index in [0.29, 0.717) is 6.61 Å². The van der Waals surface area contributed by atoms with Gasteiger partial charge in [-0.15, -0.1) is 0 Å². The smallest absolute Gasteiger partial charge is 0.147 e. The number of halogens is 1. The number of anilines is 1. The van der Waals surface area contributed by atoms with E-state index in [-0.39, 0.29) is 0 Å². The average molecular weight is 244 g/mol. The van der Waals surface area contributed by atoms with Crippen LogP contribution in [0.4, 0.5) is 5.69 Å². The SMILES string of the molecule is COc1cc(Br)c2c(c1)OCCN2. The molecule has 0 aliphatic carbocycles. The summed E-state index contributed by atoms with van der Waals surface area (Å²) >= 11 is 3.45. The molecule has 0 unspecified atom stereocenters. The van der Waals surface area contributed by atoms with Gasteiger partial charge in [0.05, 0.1) is 12.8 Å². The summed E-state index contributed by atoms with van der Waals surface area (Å²) in [6.45, 7) is 1.55. The largest absolute Gasteiger partial charge is 0.497 e. The third-order valence-corrected chi connectivity index (χ3v) is 2.55. The van der Waals surface area contributed by atoms with Crippen molar-refractivity contribution in [3.05, 3.63) is 16.6 Å². The van der Waals surface area contributed by atoms with E-state index in [1.54, 1.807) is 7.11 Å². The highest BCUT2D eigenvalue weighted by molar-refractivity contribution is 9.10. The maximum Gasteiger partial charge on any atom is 0.147 e. The Morgan fingerprint density at radius 3 is 3.15 bits per heavy atom. The van der Waals surface area contributed by atoms with Gasteiger partial charge in [-0.3, -0.25) is 0 Å². The Morgan fingerprint density at radius 2 is 2.38 bits per heavy atom. The molecular formula is C9H10BrNO2. The van der Waals surface area contributed by atoms with E-state index in [4.69, 9.17) is 9.47 Å². The highest BCUT2D eigenvalue weighted by Crippen LogP contribution is 2.38. The van der Waals surface area contributed by atoms with Crippen LogP contribution in [0.15, 0.2) is 16.6 Å². The number of hydrogen-bond acceptors (Lipinski definition) is 3. The maximum atomic E-state index is 5.47. The molecule has 1 heterocycles. The van der Waals surface area contributed by atoms with Crippen molar-refractivity contribution in [2.75, 3.05) is 25.6 Å². The molecule has 0 atom stereocenters. The molecule has 0 saturated carbocycles. The fourth-order valence-corrected chi connectivity index (χ4v) is 1.86. The van der Waals surface area contributed by atoms with Crippen LogP contribution < -0.4 is 14.8 Å². The molecule has 0 saturated heterocycles. The normalized spacial score (nSPS) is 14.0. The molecule has 0 radical (unpaired) electrons. The fourth-order valence-electron chi connectivity index (χ4n) is 1.30. The van der Waals surface area contributed by atoms with Crippen LogP contribution in [0.5, 0.6) is 11.5 Å². The van der Waals surface area contributed by atoms with Gasteiger partial charge in [0.15, 0.2) is 0 Å². The van der Waals surface area contributed by atoms with Gasteiger partial charge in [0.1, 0.15) is 18.1 Å². The highest BCUT2D eigenvalue weighted by atomic mass is 79.9. The van der Waals surface area contributed by atoms with Crippen LogP contribution in [0.25, 0.3) is 0 Å². The first-order valence-corrected chi connectivity index (χ1v) is 4.85. The third-order valence-electron chi connectivity index (χ3n) is 1.92. The van der Waals surface area contributed by atoms with Crippen LogP contribution in [0, 0.1) is 0 Å². The molecule has 3 nitrogen and oxygen atoms in total. The van der Waals surface area contributed by atoms with Gasteiger partial charge in [0.2, 0.25) is 0 Å². The first-order valence-electron chi connectivity index (χ1n) is 4.05. The Balaban J connectivity index is 2.47. The number of nitrogens with one attached hydrogen (secondary N) is 1. The molecule has 1 N–H and O–H groups in total. The quantitative estimate of drug-likeness (QED) is 0.821. The summed E-state index contributed by atoms with van der Waals surface area (Å²) in [6.07, 6.45) is 0. The Kier molecular flexibility index (Phi) is 2.31. The Hall–Kier alpha value is -0.900. The van der Waals surface area contributed by atoms with Gasteiger partial charge in [0, 0.05) is 17.1 Å². The number of ether oxygens (including phenoxy) is 2. The van der Waals surface area contributed by atoms with E-state index < -0.39 is 0 Å². The van der Waals surface area contributed by atoms with Crippen LogP contribution in [0.3, 0.4) is 0 Å². The minimum atomic E-state index is 0.701. The standard InChI is InChI=1S/C9H10BrNO2/c1-12-6-4-7(10)9-8(5-6)13-3-2-11-9/h4-5,11H,2-3H2,1H3. The second-order valence-corrected chi connectivity index (χ2v) is 3.61. The molecule has 1 aromatic rings. The lowest BCUT2D eigenvalue weighted by Crippen LogP contribution is -2.18. The number of hydrogen-bond donors (Lipinski definition) is 1. The summed E-state index contributed by atoms with van der Waals surface area (Å²) in [4.78, 5) is 0. The van der Waals surface area contributed by atoms with E-state index in [1.807, 2.05) is 12.1 Å². The first kappa shape index (κ1) is 8.69. The van der Waals surface area contributed by atoms with E-state index in [2.05, 4.69) is 21.2 Å². The van der Waals surface area contributed by atoms with Gasteiger partial charge in [-0.2, -0.15) is 0 Å². The van der Waals surface area contributed by atoms with Crippen molar-refractivity contribution in [3.8, 4) is 11.5 Å². The second kappa shape index (κ2) is 3.46. The van der Waals surface area contributed by atoms with Crippen molar-refractivity contribution in [1.29, 1.82) is 0 Å². The van der Waals surface area contributed by atoms with Gasteiger partial charge in [-0.25, -0.2) is 0 Å². The van der Waals surface area contributed by atoms with Crippen molar-refractivity contribution in [2.24, 2.45) is 0 Å². The lowest BCUT2D eigenvalue weighted by atomic mass is 10.2. The Labute approximate surface area is 85.2 Å². The number of rotatable bonds is 1. The Morgan fingerprint density at radius 1 is 1.54 bits per heavy atom. The van der Waals surface area contributed by atoms with Crippen molar-refractivity contribution in [2.45, 2.75) is 0 Å². The van der Waals surface area contributed by atoms with Crippen molar-refractivity contribution in [1.82, 2.24) is 0 Å². The first-order chi connectivity index (χ1) is 6.31. The molecule has 0 amide bonds. The van der Waals surface area contributed by atoms with Crippen LogP contribution in [-0.4, -0.2) is 20.3 Å². The zero-order valence-corrected chi connectivity index (χ0v) is 8.85. The molecule has 13 heavy (non-hydrogen) atoms. The summed E-state index contributed by atoms with van der Waals surface area (Å²) in [7, 11) is 1.64. The Bertz CT molecular complexity index is 328. The molecule has 70 valence electrons.